The summed E-state index contributed by atoms with van der Waals surface area (Å²) >= 11 is 0. The predicted molar refractivity (Wildman–Crippen MR) is 105 cm³/mol. The molecule has 4 heterocycles. The van der Waals surface area contributed by atoms with Crippen LogP contribution >= 0.6 is 0 Å². The van der Waals surface area contributed by atoms with E-state index in [1.54, 1.807) is 6.07 Å². The molecule has 158 valence electrons. The SMILES string of the molecule is O=C1NC[C@@H](C(=O)NC2CCCCC23CCN(C(=O)c2cnc4n[nH]nc4c2)C3)N1. The highest BCUT2D eigenvalue weighted by Gasteiger charge is 2.48. The number of nitrogens with zero attached hydrogens (tertiary/aromatic N) is 4. The Morgan fingerprint density at radius 1 is 1.23 bits per heavy atom. The number of rotatable bonds is 3. The van der Waals surface area contributed by atoms with Crippen molar-refractivity contribution in [2.45, 2.75) is 44.2 Å². The maximum Gasteiger partial charge on any atom is 0.315 e. The summed E-state index contributed by atoms with van der Waals surface area (Å²) in [7, 11) is 0. The largest absolute Gasteiger partial charge is 0.351 e. The summed E-state index contributed by atoms with van der Waals surface area (Å²) in [6.07, 6.45) is 6.36. The first kappa shape index (κ1) is 18.8. The molecule has 2 aliphatic heterocycles. The molecule has 11 nitrogen and oxygen atoms in total. The monoisotopic (exact) mass is 412 g/mol. The molecule has 5 rings (SSSR count). The number of aromatic nitrogens is 4. The van der Waals surface area contributed by atoms with E-state index < -0.39 is 6.04 Å². The molecule has 11 heteroatoms. The Hall–Kier alpha value is -3.24. The van der Waals surface area contributed by atoms with Crippen LogP contribution in [0.25, 0.3) is 11.2 Å². The van der Waals surface area contributed by atoms with Gasteiger partial charge in [-0.25, -0.2) is 9.78 Å². The molecule has 0 radical (unpaired) electrons. The molecule has 4 N–H and O–H groups in total. The van der Waals surface area contributed by atoms with Gasteiger partial charge in [-0.05, 0) is 25.3 Å². The molecule has 3 aliphatic rings. The zero-order valence-corrected chi connectivity index (χ0v) is 16.5. The minimum Gasteiger partial charge on any atom is -0.351 e. The third-order valence-corrected chi connectivity index (χ3v) is 6.65. The summed E-state index contributed by atoms with van der Waals surface area (Å²) in [5, 5.41) is 18.9. The number of pyridine rings is 1. The van der Waals surface area contributed by atoms with E-state index in [9.17, 15) is 14.4 Å². The number of hydrogen-bond donors (Lipinski definition) is 4. The second kappa shape index (κ2) is 7.22. The average molecular weight is 412 g/mol. The number of aromatic amines is 1. The van der Waals surface area contributed by atoms with E-state index in [1.165, 1.54) is 6.20 Å². The highest BCUT2D eigenvalue weighted by atomic mass is 16.2. The standard InChI is InChI=1S/C19H24N8O3/c28-16(13-9-21-18(30)22-13)23-14-3-1-2-4-19(14)5-6-27(10-19)17(29)11-7-12-15(20-8-11)25-26-24-12/h7-8,13-14H,1-6,9-10H2,(H,23,28)(H2,21,22,30)(H,20,24,25,26)/t13-,14?,19?/m0/s1. The quantitative estimate of drug-likeness (QED) is 0.555. The molecule has 2 saturated heterocycles. The van der Waals surface area contributed by atoms with Crippen LogP contribution in [-0.4, -0.2) is 74.9 Å². The zero-order valence-electron chi connectivity index (χ0n) is 16.5. The molecule has 2 aromatic rings. The molecule has 0 aromatic carbocycles. The van der Waals surface area contributed by atoms with E-state index in [0.717, 1.165) is 32.1 Å². The maximum atomic E-state index is 13.1. The van der Waals surface area contributed by atoms with Gasteiger partial charge >= 0.3 is 6.03 Å². The van der Waals surface area contributed by atoms with Gasteiger partial charge in [-0.15, -0.1) is 5.10 Å². The van der Waals surface area contributed by atoms with Gasteiger partial charge < -0.3 is 20.9 Å². The number of carbonyl (C=O) groups is 3. The lowest BCUT2D eigenvalue weighted by Gasteiger charge is -2.42. The van der Waals surface area contributed by atoms with E-state index in [-0.39, 0.29) is 29.3 Å². The van der Waals surface area contributed by atoms with Crippen molar-refractivity contribution in [3.63, 3.8) is 0 Å². The first-order valence-corrected chi connectivity index (χ1v) is 10.3. The van der Waals surface area contributed by atoms with E-state index >= 15 is 0 Å². The number of likely N-dealkylation sites (tertiary alicyclic amines) is 1. The van der Waals surface area contributed by atoms with Crippen molar-refractivity contribution in [3.05, 3.63) is 17.8 Å². The molecular weight excluding hydrogens is 388 g/mol. The Labute approximate surface area is 172 Å². The third kappa shape index (κ3) is 3.23. The van der Waals surface area contributed by atoms with Crippen LogP contribution in [0.15, 0.2) is 12.3 Å². The lowest BCUT2D eigenvalue weighted by molar-refractivity contribution is -0.124. The predicted octanol–water partition coefficient (Wildman–Crippen LogP) is -0.0746. The summed E-state index contributed by atoms with van der Waals surface area (Å²) in [5.41, 5.74) is 1.40. The highest BCUT2D eigenvalue weighted by Crippen LogP contribution is 2.44. The molecule has 2 aromatic heterocycles. The van der Waals surface area contributed by atoms with Crippen LogP contribution in [0.1, 0.15) is 42.5 Å². The first-order chi connectivity index (χ1) is 14.5. The topological polar surface area (TPSA) is 145 Å². The lowest BCUT2D eigenvalue weighted by atomic mass is 9.69. The van der Waals surface area contributed by atoms with Crippen LogP contribution in [0.3, 0.4) is 0 Å². The maximum absolute atomic E-state index is 13.1. The number of urea groups is 1. The van der Waals surface area contributed by atoms with Gasteiger partial charge in [0.2, 0.25) is 11.6 Å². The van der Waals surface area contributed by atoms with Crippen molar-refractivity contribution >= 4 is 29.0 Å². The van der Waals surface area contributed by atoms with Gasteiger partial charge in [0.1, 0.15) is 11.6 Å². The van der Waals surface area contributed by atoms with Gasteiger partial charge in [0.25, 0.3) is 5.91 Å². The van der Waals surface area contributed by atoms with E-state index in [4.69, 9.17) is 0 Å². The van der Waals surface area contributed by atoms with Crippen LogP contribution in [0.5, 0.6) is 0 Å². The smallest absolute Gasteiger partial charge is 0.315 e. The number of hydrogen-bond acceptors (Lipinski definition) is 6. The van der Waals surface area contributed by atoms with E-state index in [2.05, 4.69) is 36.3 Å². The van der Waals surface area contributed by atoms with Crippen molar-refractivity contribution in [1.29, 1.82) is 0 Å². The van der Waals surface area contributed by atoms with Gasteiger partial charge in [0, 0.05) is 37.3 Å². The Bertz CT molecular complexity index is 1010. The average Bonchev–Trinajstić information content (AvgIpc) is 3.49. The molecule has 3 atom stereocenters. The van der Waals surface area contributed by atoms with Crippen molar-refractivity contribution in [3.8, 4) is 0 Å². The molecule has 0 bridgehead atoms. The molecule has 1 saturated carbocycles. The van der Waals surface area contributed by atoms with Crippen molar-refractivity contribution in [1.82, 2.24) is 41.2 Å². The van der Waals surface area contributed by atoms with Crippen LogP contribution in [0.2, 0.25) is 0 Å². The molecule has 4 amide bonds. The van der Waals surface area contributed by atoms with E-state index in [1.807, 2.05) is 4.90 Å². The number of H-pyrrole nitrogens is 1. The van der Waals surface area contributed by atoms with Crippen LogP contribution in [0, 0.1) is 5.41 Å². The van der Waals surface area contributed by atoms with Crippen LogP contribution < -0.4 is 16.0 Å². The minimum absolute atomic E-state index is 0.00908. The van der Waals surface area contributed by atoms with Gasteiger partial charge in [-0.2, -0.15) is 10.3 Å². The van der Waals surface area contributed by atoms with Crippen LogP contribution in [0.4, 0.5) is 4.79 Å². The first-order valence-electron chi connectivity index (χ1n) is 10.3. The van der Waals surface area contributed by atoms with Gasteiger partial charge in [-0.3, -0.25) is 9.59 Å². The molecule has 30 heavy (non-hydrogen) atoms. The molecule has 3 fully saturated rings. The van der Waals surface area contributed by atoms with Crippen molar-refractivity contribution in [2.24, 2.45) is 5.41 Å². The molecular formula is C19H24N8O3. The second-order valence-corrected chi connectivity index (χ2v) is 8.44. The number of amides is 4. The third-order valence-electron chi connectivity index (χ3n) is 6.65. The van der Waals surface area contributed by atoms with Gasteiger partial charge in [-0.1, -0.05) is 12.8 Å². The number of fused-ring (bicyclic) bond motifs is 1. The summed E-state index contributed by atoms with van der Waals surface area (Å²) in [5.74, 6) is -0.239. The summed E-state index contributed by atoms with van der Waals surface area (Å²) in [4.78, 5) is 43.2. The lowest BCUT2D eigenvalue weighted by Crippen LogP contribution is -2.55. The summed E-state index contributed by atoms with van der Waals surface area (Å²) in [6.45, 7) is 1.54. The Kier molecular flexibility index (Phi) is 4.52. The Morgan fingerprint density at radius 2 is 2.13 bits per heavy atom. The zero-order chi connectivity index (χ0) is 20.7. The fourth-order valence-corrected chi connectivity index (χ4v) is 5.01. The fraction of sp³-hybridized carbons (Fsp3) is 0.579. The summed E-state index contributed by atoms with van der Waals surface area (Å²) < 4.78 is 0. The second-order valence-electron chi connectivity index (χ2n) is 8.44. The Morgan fingerprint density at radius 3 is 2.97 bits per heavy atom. The normalized spacial score (nSPS) is 28.5. The van der Waals surface area contributed by atoms with Crippen molar-refractivity contribution in [2.75, 3.05) is 19.6 Å². The van der Waals surface area contributed by atoms with E-state index in [0.29, 0.717) is 36.4 Å². The van der Waals surface area contributed by atoms with Gasteiger partial charge in [0.05, 0.1) is 5.56 Å². The highest BCUT2D eigenvalue weighted by molar-refractivity contribution is 5.96. The number of carbonyl (C=O) groups excluding carboxylic acids is 3. The molecule has 1 aliphatic carbocycles. The van der Waals surface area contributed by atoms with Gasteiger partial charge in [0.15, 0.2) is 0 Å². The molecule has 2 unspecified atom stereocenters. The van der Waals surface area contributed by atoms with Crippen LogP contribution in [-0.2, 0) is 4.79 Å². The van der Waals surface area contributed by atoms with Crippen molar-refractivity contribution < 1.29 is 14.4 Å². The Balaban J connectivity index is 1.30. The fourth-order valence-electron chi connectivity index (χ4n) is 5.01. The molecule has 1 spiro atoms. The minimum atomic E-state index is -0.545. The number of nitrogens with one attached hydrogen (secondary N) is 4. The summed E-state index contributed by atoms with van der Waals surface area (Å²) in [6, 6.07) is 0.833.